The Hall–Kier alpha value is -0.860. The fraction of sp³-hybridized carbons (Fsp3) is 0.364. The maximum Gasteiger partial charge on any atom is 0.0295 e. The lowest BCUT2D eigenvalue weighted by molar-refractivity contribution is 0.606. The minimum absolute atomic E-state index is 0.324. The highest BCUT2D eigenvalue weighted by Crippen LogP contribution is 2.10. The molecule has 0 bridgehead atoms. The van der Waals surface area contributed by atoms with Crippen LogP contribution in [0, 0.1) is 0 Å². The summed E-state index contributed by atoms with van der Waals surface area (Å²) in [5, 5.41) is 3.37. The molecule has 0 saturated heterocycles. The van der Waals surface area contributed by atoms with E-state index >= 15 is 0 Å². The lowest BCUT2D eigenvalue weighted by Crippen LogP contribution is -2.20. The maximum absolute atomic E-state index is 5.57. The van der Waals surface area contributed by atoms with Crippen LogP contribution in [0.4, 0.5) is 0 Å². The molecule has 1 aromatic heterocycles. The first-order valence-corrected chi connectivity index (χ1v) is 5.07. The van der Waals surface area contributed by atoms with Crippen molar-refractivity contribution in [2.24, 2.45) is 0 Å². The SMILES string of the molecule is C/C(=C\Cl)CN[C@H](C)c1ccncc1. The molecule has 2 nitrogen and oxygen atoms in total. The third-order valence-corrected chi connectivity index (χ3v) is 2.45. The molecule has 1 heterocycles. The van der Waals surface area contributed by atoms with Crippen molar-refractivity contribution in [3.8, 4) is 0 Å². The van der Waals surface area contributed by atoms with Crippen molar-refractivity contribution < 1.29 is 0 Å². The van der Waals surface area contributed by atoms with E-state index in [2.05, 4.69) is 17.2 Å². The third kappa shape index (κ3) is 3.48. The van der Waals surface area contributed by atoms with Gasteiger partial charge in [-0.05, 0) is 37.1 Å². The summed E-state index contributed by atoms with van der Waals surface area (Å²) in [4.78, 5) is 3.98. The number of aromatic nitrogens is 1. The summed E-state index contributed by atoms with van der Waals surface area (Å²) in [5.41, 5.74) is 3.97. The molecule has 0 radical (unpaired) electrons. The molecular formula is C11H15ClN2. The van der Waals surface area contributed by atoms with Crippen LogP contribution in [0.25, 0.3) is 0 Å². The highest BCUT2D eigenvalue weighted by molar-refractivity contribution is 6.25. The number of hydrogen-bond acceptors (Lipinski definition) is 2. The Kier molecular flexibility index (Phi) is 4.63. The van der Waals surface area contributed by atoms with E-state index in [0.717, 1.165) is 12.1 Å². The van der Waals surface area contributed by atoms with Gasteiger partial charge in [0.1, 0.15) is 0 Å². The molecule has 1 atom stereocenters. The summed E-state index contributed by atoms with van der Waals surface area (Å²) < 4.78 is 0. The van der Waals surface area contributed by atoms with Gasteiger partial charge in [-0.2, -0.15) is 0 Å². The minimum Gasteiger partial charge on any atom is -0.306 e. The Labute approximate surface area is 90.0 Å². The first-order valence-electron chi connectivity index (χ1n) is 4.63. The van der Waals surface area contributed by atoms with E-state index in [4.69, 9.17) is 11.6 Å². The van der Waals surface area contributed by atoms with Crippen molar-refractivity contribution in [3.63, 3.8) is 0 Å². The van der Waals surface area contributed by atoms with Gasteiger partial charge in [-0.3, -0.25) is 4.98 Å². The standard InChI is InChI=1S/C11H15ClN2/c1-9(7-12)8-14-10(2)11-3-5-13-6-4-11/h3-7,10,14H,8H2,1-2H3/b9-7+/t10-/m1/s1. The van der Waals surface area contributed by atoms with E-state index in [1.807, 2.05) is 19.1 Å². The molecule has 0 spiro atoms. The van der Waals surface area contributed by atoms with Crippen molar-refractivity contribution in [1.29, 1.82) is 0 Å². The van der Waals surface area contributed by atoms with Gasteiger partial charge >= 0.3 is 0 Å². The second-order valence-electron chi connectivity index (χ2n) is 3.34. The molecule has 0 aliphatic rings. The van der Waals surface area contributed by atoms with Crippen LogP contribution in [0.15, 0.2) is 35.6 Å². The van der Waals surface area contributed by atoms with Crippen LogP contribution >= 0.6 is 11.6 Å². The largest absolute Gasteiger partial charge is 0.306 e. The van der Waals surface area contributed by atoms with Crippen LogP contribution in [0.5, 0.6) is 0 Å². The van der Waals surface area contributed by atoms with Gasteiger partial charge in [0, 0.05) is 30.5 Å². The van der Waals surface area contributed by atoms with E-state index in [1.54, 1.807) is 17.9 Å². The second kappa shape index (κ2) is 5.78. The average Bonchev–Trinajstić information content (AvgIpc) is 2.26. The quantitative estimate of drug-likeness (QED) is 0.827. The van der Waals surface area contributed by atoms with Gasteiger partial charge in [0.25, 0.3) is 0 Å². The van der Waals surface area contributed by atoms with Gasteiger partial charge in [-0.15, -0.1) is 0 Å². The fourth-order valence-corrected chi connectivity index (χ4v) is 1.20. The number of halogens is 1. The number of pyridine rings is 1. The minimum atomic E-state index is 0.324. The Bertz CT molecular complexity index is 295. The van der Waals surface area contributed by atoms with Crippen LogP contribution in [0.3, 0.4) is 0 Å². The molecule has 0 amide bonds. The summed E-state index contributed by atoms with van der Waals surface area (Å²) in [5.74, 6) is 0. The van der Waals surface area contributed by atoms with E-state index in [1.165, 1.54) is 5.56 Å². The van der Waals surface area contributed by atoms with Crippen molar-refractivity contribution in [2.75, 3.05) is 6.54 Å². The lowest BCUT2D eigenvalue weighted by atomic mass is 10.1. The number of rotatable bonds is 4. The van der Waals surface area contributed by atoms with Gasteiger partial charge in [0.15, 0.2) is 0 Å². The maximum atomic E-state index is 5.57. The van der Waals surface area contributed by atoms with Gasteiger partial charge in [0.05, 0.1) is 0 Å². The van der Waals surface area contributed by atoms with Gasteiger partial charge in [0.2, 0.25) is 0 Å². The van der Waals surface area contributed by atoms with Crippen LogP contribution in [0.2, 0.25) is 0 Å². The summed E-state index contributed by atoms with van der Waals surface area (Å²) >= 11 is 5.57. The van der Waals surface area contributed by atoms with Crippen LogP contribution in [-0.2, 0) is 0 Å². The van der Waals surface area contributed by atoms with E-state index < -0.39 is 0 Å². The van der Waals surface area contributed by atoms with Gasteiger partial charge in [-0.1, -0.05) is 11.6 Å². The van der Waals surface area contributed by atoms with Crippen molar-refractivity contribution >= 4 is 11.6 Å². The lowest BCUT2D eigenvalue weighted by Gasteiger charge is -2.13. The highest BCUT2D eigenvalue weighted by Gasteiger charge is 2.02. The zero-order valence-corrected chi connectivity index (χ0v) is 9.25. The van der Waals surface area contributed by atoms with E-state index in [-0.39, 0.29) is 0 Å². The first kappa shape index (κ1) is 11.2. The van der Waals surface area contributed by atoms with Crippen LogP contribution in [0.1, 0.15) is 25.5 Å². The smallest absolute Gasteiger partial charge is 0.0295 e. The molecule has 3 heteroatoms. The zero-order valence-electron chi connectivity index (χ0n) is 8.50. The van der Waals surface area contributed by atoms with Gasteiger partial charge < -0.3 is 5.32 Å². The van der Waals surface area contributed by atoms with Crippen molar-refractivity contribution in [3.05, 3.63) is 41.2 Å². The molecule has 1 rings (SSSR count). The third-order valence-electron chi connectivity index (χ3n) is 2.08. The second-order valence-corrected chi connectivity index (χ2v) is 3.56. The molecule has 0 aromatic carbocycles. The number of nitrogens with one attached hydrogen (secondary N) is 1. The average molecular weight is 211 g/mol. The topological polar surface area (TPSA) is 24.9 Å². The first-order chi connectivity index (χ1) is 6.74. The summed E-state index contributed by atoms with van der Waals surface area (Å²) in [6.45, 7) is 4.93. The Morgan fingerprint density at radius 1 is 1.57 bits per heavy atom. The molecule has 1 N–H and O–H groups in total. The number of nitrogens with zero attached hydrogens (tertiary/aromatic N) is 1. The highest BCUT2D eigenvalue weighted by atomic mass is 35.5. The van der Waals surface area contributed by atoms with E-state index in [9.17, 15) is 0 Å². The Morgan fingerprint density at radius 3 is 2.79 bits per heavy atom. The Balaban J connectivity index is 2.47. The van der Waals surface area contributed by atoms with Crippen LogP contribution in [-0.4, -0.2) is 11.5 Å². The summed E-state index contributed by atoms with van der Waals surface area (Å²) in [7, 11) is 0. The number of hydrogen-bond donors (Lipinski definition) is 1. The normalized spacial score (nSPS) is 14.1. The predicted molar refractivity (Wildman–Crippen MR) is 60.3 cm³/mol. The van der Waals surface area contributed by atoms with Gasteiger partial charge in [-0.25, -0.2) is 0 Å². The molecule has 0 unspecified atom stereocenters. The van der Waals surface area contributed by atoms with E-state index in [0.29, 0.717) is 6.04 Å². The van der Waals surface area contributed by atoms with Crippen LogP contribution < -0.4 is 5.32 Å². The molecule has 0 aliphatic carbocycles. The fourth-order valence-electron chi connectivity index (χ4n) is 1.12. The zero-order chi connectivity index (χ0) is 10.4. The molecular weight excluding hydrogens is 196 g/mol. The molecule has 14 heavy (non-hydrogen) atoms. The Morgan fingerprint density at radius 2 is 2.21 bits per heavy atom. The molecule has 1 aromatic rings. The molecule has 0 saturated carbocycles. The predicted octanol–water partition coefficient (Wildman–Crippen LogP) is 2.87. The summed E-state index contributed by atoms with van der Waals surface area (Å²) in [6, 6.07) is 4.35. The molecule has 0 aliphatic heterocycles. The van der Waals surface area contributed by atoms with Crippen molar-refractivity contribution in [2.45, 2.75) is 19.9 Å². The summed E-state index contributed by atoms with van der Waals surface area (Å²) in [6.07, 6.45) is 3.61. The molecule has 76 valence electrons. The monoisotopic (exact) mass is 210 g/mol. The van der Waals surface area contributed by atoms with Crippen molar-refractivity contribution in [1.82, 2.24) is 10.3 Å². The molecule has 0 fully saturated rings.